The molecule has 0 N–H and O–H groups in total. The van der Waals surface area contributed by atoms with Gasteiger partial charge < -0.3 is 14.5 Å². The van der Waals surface area contributed by atoms with E-state index in [0.29, 0.717) is 38.0 Å². The van der Waals surface area contributed by atoms with Crippen LogP contribution in [-0.4, -0.2) is 58.1 Å². The summed E-state index contributed by atoms with van der Waals surface area (Å²) in [4.78, 5) is 32.7. The predicted molar refractivity (Wildman–Crippen MR) is 94.4 cm³/mol. The second kappa shape index (κ2) is 7.02. The standard InChI is InChI=1S/C19H27N3O3/c1-4-5-15(3)22-13-19(25-18(22)24)6-8-21(9-7-19)17(23)16-10-14(2)11-20-12-16/h10-12,15H,4-9,13H2,1-3H3. The van der Waals surface area contributed by atoms with E-state index < -0.39 is 5.60 Å². The molecular formula is C19H27N3O3. The van der Waals surface area contributed by atoms with Crippen LogP contribution in [0.4, 0.5) is 4.79 Å². The molecule has 136 valence electrons. The molecule has 3 heterocycles. The lowest BCUT2D eigenvalue weighted by Crippen LogP contribution is -2.49. The van der Waals surface area contributed by atoms with Crippen LogP contribution in [-0.2, 0) is 4.74 Å². The third kappa shape index (κ3) is 3.62. The monoisotopic (exact) mass is 345 g/mol. The van der Waals surface area contributed by atoms with Gasteiger partial charge in [-0.05, 0) is 31.9 Å². The summed E-state index contributed by atoms with van der Waals surface area (Å²) in [6.45, 7) is 7.98. The first-order valence-electron chi connectivity index (χ1n) is 9.15. The number of carbonyl (C=O) groups excluding carboxylic acids is 2. The summed E-state index contributed by atoms with van der Waals surface area (Å²) >= 11 is 0. The Balaban J connectivity index is 1.62. The first kappa shape index (κ1) is 17.7. The fourth-order valence-corrected chi connectivity index (χ4v) is 3.79. The van der Waals surface area contributed by atoms with Crippen LogP contribution in [0.25, 0.3) is 0 Å². The van der Waals surface area contributed by atoms with Crippen molar-refractivity contribution < 1.29 is 14.3 Å². The number of rotatable bonds is 4. The number of piperidine rings is 1. The largest absolute Gasteiger partial charge is 0.441 e. The van der Waals surface area contributed by atoms with Crippen LogP contribution in [0, 0.1) is 6.92 Å². The Labute approximate surface area is 149 Å². The van der Waals surface area contributed by atoms with Gasteiger partial charge in [0.2, 0.25) is 0 Å². The molecule has 2 aliphatic heterocycles. The van der Waals surface area contributed by atoms with E-state index >= 15 is 0 Å². The molecule has 25 heavy (non-hydrogen) atoms. The van der Waals surface area contributed by atoms with Crippen LogP contribution in [0.15, 0.2) is 18.5 Å². The van der Waals surface area contributed by atoms with Crippen LogP contribution in [0.3, 0.4) is 0 Å². The average molecular weight is 345 g/mol. The van der Waals surface area contributed by atoms with Gasteiger partial charge in [-0.3, -0.25) is 9.78 Å². The molecule has 1 aromatic rings. The number of amides is 2. The fourth-order valence-electron chi connectivity index (χ4n) is 3.79. The summed E-state index contributed by atoms with van der Waals surface area (Å²) in [5.74, 6) is 0.00609. The normalized spacial score (nSPS) is 20.7. The van der Waals surface area contributed by atoms with Crippen LogP contribution in [0.1, 0.15) is 55.5 Å². The van der Waals surface area contributed by atoms with E-state index in [1.54, 1.807) is 12.4 Å². The van der Waals surface area contributed by atoms with Crippen LogP contribution in [0.5, 0.6) is 0 Å². The molecule has 2 amide bonds. The molecule has 0 saturated carbocycles. The molecule has 2 saturated heterocycles. The number of nitrogens with zero attached hydrogens (tertiary/aromatic N) is 3. The zero-order valence-corrected chi connectivity index (χ0v) is 15.3. The number of pyridine rings is 1. The third-order valence-electron chi connectivity index (χ3n) is 5.32. The number of ether oxygens (including phenoxy) is 1. The smallest absolute Gasteiger partial charge is 0.410 e. The minimum atomic E-state index is -0.430. The van der Waals surface area contributed by atoms with Gasteiger partial charge in [0.25, 0.3) is 5.91 Å². The van der Waals surface area contributed by atoms with Crippen molar-refractivity contribution in [3.63, 3.8) is 0 Å². The van der Waals surface area contributed by atoms with Crippen molar-refractivity contribution in [1.82, 2.24) is 14.8 Å². The van der Waals surface area contributed by atoms with E-state index in [1.165, 1.54) is 0 Å². The van der Waals surface area contributed by atoms with Crippen molar-refractivity contribution in [2.45, 2.75) is 58.1 Å². The molecule has 0 radical (unpaired) electrons. The number of hydrogen-bond acceptors (Lipinski definition) is 4. The van der Waals surface area contributed by atoms with Gasteiger partial charge in [0.1, 0.15) is 5.60 Å². The molecule has 0 bridgehead atoms. The molecule has 0 aliphatic carbocycles. The Bertz CT molecular complexity index is 653. The minimum Gasteiger partial charge on any atom is -0.441 e. The van der Waals surface area contributed by atoms with E-state index in [4.69, 9.17) is 4.74 Å². The number of hydrogen-bond donors (Lipinski definition) is 0. The first-order valence-corrected chi connectivity index (χ1v) is 9.15. The molecule has 6 nitrogen and oxygen atoms in total. The van der Waals surface area contributed by atoms with Gasteiger partial charge in [-0.15, -0.1) is 0 Å². The maximum Gasteiger partial charge on any atom is 0.410 e. The number of aromatic nitrogens is 1. The zero-order valence-electron chi connectivity index (χ0n) is 15.3. The summed E-state index contributed by atoms with van der Waals surface area (Å²) in [5, 5.41) is 0. The molecule has 2 aliphatic rings. The molecule has 1 unspecified atom stereocenters. The summed E-state index contributed by atoms with van der Waals surface area (Å²) in [7, 11) is 0. The quantitative estimate of drug-likeness (QED) is 0.841. The van der Waals surface area contributed by atoms with Crippen molar-refractivity contribution in [1.29, 1.82) is 0 Å². The van der Waals surface area contributed by atoms with Gasteiger partial charge in [0.15, 0.2) is 0 Å². The van der Waals surface area contributed by atoms with Gasteiger partial charge in [0.05, 0.1) is 12.1 Å². The molecule has 3 rings (SSSR count). The van der Waals surface area contributed by atoms with E-state index in [-0.39, 0.29) is 18.0 Å². The summed E-state index contributed by atoms with van der Waals surface area (Å²) in [6, 6.07) is 2.07. The SMILES string of the molecule is CCCC(C)N1CC2(CCN(C(=O)c3cncc(C)c3)CC2)OC1=O. The second-order valence-electron chi connectivity index (χ2n) is 7.36. The van der Waals surface area contributed by atoms with E-state index in [2.05, 4.69) is 18.8 Å². The predicted octanol–water partition coefficient (Wildman–Crippen LogP) is 3.01. The Morgan fingerprint density at radius 3 is 2.72 bits per heavy atom. The molecule has 1 atom stereocenters. The topological polar surface area (TPSA) is 62.7 Å². The molecule has 0 aromatic carbocycles. The highest BCUT2D eigenvalue weighted by molar-refractivity contribution is 5.94. The lowest BCUT2D eigenvalue weighted by molar-refractivity contribution is 0.00305. The number of aryl methyl sites for hydroxylation is 1. The van der Waals surface area contributed by atoms with Gasteiger partial charge in [-0.25, -0.2) is 4.79 Å². The number of likely N-dealkylation sites (tertiary alicyclic amines) is 1. The summed E-state index contributed by atoms with van der Waals surface area (Å²) < 4.78 is 5.76. The van der Waals surface area contributed by atoms with Crippen molar-refractivity contribution in [3.8, 4) is 0 Å². The Hall–Kier alpha value is -2.11. The van der Waals surface area contributed by atoms with Crippen molar-refractivity contribution in [2.75, 3.05) is 19.6 Å². The van der Waals surface area contributed by atoms with Crippen molar-refractivity contribution in [3.05, 3.63) is 29.6 Å². The molecule has 1 spiro atoms. The summed E-state index contributed by atoms with van der Waals surface area (Å²) in [6.07, 6.45) is 6.57. The van der Waals surface area contributed by atoms with Crippen LogP contribution >= 0.6 is 0 Å². The Morgan fingerprint density at radius 1 is 1.36 bits per heavy atom. The van der Waals surface area contributed by atoms with Crippen LogP contribution in [0.2, 0.25) is 0 Å². The van der Waals surface area contributed by atoms with Crippen molar-refractivity contribution >= 4 is 12.0 Å². The first-order chi connectivity index (χ1) is 11.9. The van der Waals surface area contributed by atoms with E-state index in [1.807, 2.05) is 22.8 Å². The van der Waals surface area contributed by atoms with Gasteiger partial charge in [-0.2, -0.15) is 0 Å². The van der Waals surface area contributed by atoms with Gasteiger partial charge in [0, 0.05) is 44.4 Å². The van der Waals surface area contributed by atoms with E-state index in [0.717, 1.165) is 18.4 Å². The fraction of sp³-hybridized carbons (Fsp3) is 0.632. The molecule has 1 aromatic heterocycles. The second-order valence-corrected chi connectivity index (χ2v) is 7.36. The van der Waals surface area contributed by atoms with Gasteiger partial charge in [-0.1, -0.05) is 13.3 Å². The maximum absolute atomic E-state index is 12.6. The maximum atomic E-state index is 12.6. The average Bonchev–Trinajstić information content (AvgIpc) is 2.91. The summed E-state index contributed by atoms with van der Waals surface area (Å²) in [5.41, 5.74) is 1.17. The minimum absolute atomic E-state index is 0.00609. The third-order valence-corrected chi connectivity index (χ3v) is 5.32. The zero-order chi connectivity index (χ0) is 18.0. The molecule has 2 fully saturated rings. The lowest BCUT2D eigenvalue weighted by atomic mass is 9.90. The van der Waals surface area contributed by atoms with Gasteiger partial charge >= 0.3 is 6.09 Å². The van der Waals surface area contributed by atoms with Crippen molar-refractivity contribution in [2.24, 2.45) is 0 Å². The Kier molecular flexibility index (Phi) is 4.97. The highest BCUT2D eigenvalue weighted by Gasteiger charge is 2.48. The Morgan fingerprint density at radius 2 is 2.08 bits per heavy atom. The lowest BCUT2D eigenvalue weighted by Gasteiger charge is -2.37. The molecular weight excluding hydrogens is 318 g/mol. The highest BCUT2D eigenvalue weighted by Crippen LogP contribution is 2.35. The highest BCUT2D eigenvalue weighted by atomic mass is 16.6. The van der Waals surface area contributed by atoms with E-state index in [9.17, 15) is 9.59 Å². The molecule has 6 heteroatoms. The van der Waals surface area contributed by atoms with Crippen LogP contribution < -0.4 is 0 Å². The number of carbonyl (C=O) groups is 2.